The Balaban J connectivity index is 0.876. The van der Waals surface area contributed by atoms with Gasteiger partial charge in [-0.15, -0.1) is 0 Å². The van der Waals surface area contributed by atoms with Crippen molar-refractivity contribution in [1.82, 2.24) is 42.5 Å². The molecule has 0 unspecified atom stereocenters. The first-order valence-corrected chi connectivity index (χ1v) is 33.5. The Labute approximate surface area is 583 Å². The monoisotopic (exact) mass is 1410 g/mol. The topological polar surface area (TPSA) is 411 Å². The highest BCUT2D eigenvalue weighted by Crippen LogP contribution is 2.57. The second kappa shape index (κ2) is 25.5. The summed E-state index contributed by atoms with van der Waals surface area (Å²) in [5.74, 6) is -12.6. The SMILES string of the molecule is O=C(N[C@H]1C(=O)N[C@@H]2Cc3ccc(c(Cl)c3)Oc3cc4cc(c3O)Oc3ccc(cc3Cl)[C@@H](O)[C@@H]3NC(=O)[C@H](NC(=O)[C@@H]4NC(=O)[C@@H](NC2=O)c2cc(O)cc(c2)Oc2cc1ccc2O)c1ccc(O)c(c1)-c1c(O)cc(O)cc1[C@@H](C(=O)NC1CC1)NC3=O)OC12CC3CC(CC(C3)C1)C2. The molecule has 21 bridgehead atoms. The van der Waals surface area contributed by atoms with Crippen LogP contribution >= 0.6 is 23.2 Å². The minimum absolute atomic E-state index is 0.0515. The summed E-state index contributed by atoms with van der Waals surface area (Å²) in [6.07, 6.45) is 2.81. The van der Waals surface area contributed by atoms with Gasteiger partial charge in [0.1, 0.15) is 94.2 Å². The van der Waals surface area contributed by atoms with Gasteiger partial charge in [0.15, 0.2) is 23.0 Å². The summed E-state index contributed by atoms with van der Waals surface area (Å²) < 4.78 is 25.2. The van der Waals surface area contributed by atoms with Gasteiger partial charge in [0, 0.05) is 35.7 Å². The number of carbonyl (C=O) groups excluding carboxylic acids is 8. The van der Waals surface area contributed by atoms with Gasteiger partial charge in [0.25, 0.3) is 0 Å². The van der Waals surface area contributed by atoms with Gasteiger partial charge in [-0.25, -0.2) is 4.79 Å². The Hall–Kier alpha value is -11.2. The van der Waals surface area contributed by atoms with Crippen molar-refractivity contribution in [2.45, 2.75) is 118 Å². The van der Waals surface area contributed by atoms with Crippen molar-refractivity contribution in [3.05, 3.63) is 164 Å². The van der Waals surface area contributed by atoms with E-state index in [1.165, 1.54) is 66.7 Å². The highest BCUT2D eigenvalue weighted by molar-refractivity contribution is 6.32. The number of ether oxygens (including phenoxy) is 4. The fourth-order valence-corrected chi connectivity index (χ4v) is 15.8. The van der Waals surface area contributed by atoms with Gasteiger partial charge >= 0.3 is 6.09 Å². The number of carbonyl (C=O) groups is 8. The summed E-state index contributed by atoms with van der Waals surface area (Å²) in [6.45, 7) is 0. The van der Waals surface area contributed by atoms with Crippen LogP contribution in [0.5, 0.6) is 69.0 Å². The van der Waals surface area contributed by atoms with Gasteiger partial charge in [-0.3, -0.25) is 33.6 Å². The van der Waals surface area contributed by atoms with E-state index in [2.05, 4.69) is 42.5 Å². The molecule has 11 aliphatic rings. The molecule has 0 aromatic heterocycles. The number of benzene rings is 7. The van der Waals surface area contributed by atoms with Crippen molar-refractivity contribution in [1.29, 1.82) is 0 Å². The maximum atomic E-state index is 16.0. The Kier molecular flexibility index (Phi) is 16.6. The van der Waals surface area contributed by atoms with Gasteiger partial charge in [-0.05, 0) is 187 Å². The number of rotatable bonds is 4. The second-order valence-electron chi connectivity index (χ2n) is 27.1. The number of aliphatic hydroxyl groups is 1. The molecule has 8 atom stereocenters. The predicted octanol–water partition coefficient (Wildman–Crippen LogP) is 7.92. The number of aliphatic hydroxyl groups excluding tert-OH is 1. The Morgan fingerprint density at radius 1 is 0.505 bits per heavy atom. The normalized spacial score (nSPS) is 26.5. The summed E-state index contributed by atoms with van der Waals surface area (Å²) >= 11 is 14.0. The molecule has 0 radical (unpaired) electrons. The lowest BCUT2D eigenvalue weighted by Gasteiger charge is -2.55. The number of phenolic OH excluding ortho intramolecular Hbond substituents is 6. The van der Waals surface area contributed by atoms with Gasteiger partial charge in [-0.2, -0.15) is 0 Å². The molecule has 5 saturated carbocycles. The number of aromatic hydroxyl groups is 6. The Bertz CT molecular complexity index is 4670. The van der Waals surface area contributed by atoms with E-state index >= 15 is 28.8 Å². The van der Waals surface area contributed by atoms with E-state index in [9.17, 15) is 45.3 Å². The fraction of sp³-hybridized carbons (Fsp3) is 0.306. The summed E-state index contributed by atoms with van der Waals surface area (Å²) in [4.78, 5) is 122. The van der Waals surface area contributed by atoms with Crippen LogP contribution in [-0.2, 0) is 44.7 Å². The molecule has 6 heterocycles. The summed E-state index contributed by atoms with van der Waals surface area (Å²) in [7, 11) is 0. The molecule has 29 heteroatoms. The van der Waals surface area contributed by atoms with Gasteiger partial charge in [-0.1, -0.05) is 47.5 Å². The lowest BCUT2D eigenvalue weighted by Crippen LogP contribution is -2.56. The molecule has 0 saturated heterocycles. The number of hydrogen-bond acceptors (Lipinski definition) is 19. The molecule has 5 aliphatic carbocycles. The van der Waals surface area contributed by atoms with Crippen LogP contribution in [0.25, 0.3) is 11.1 Å². The standard InChI is InChI=1S/C72H64Cl2N8O19/c73-44-14-29-1-9-50(44)99-53-21-37-22-54(63(53)89)100-51-10-4-35(19-45(51)74)62(88)61-70(96)80-60(69(95)75-38-5-6-38)43-24-40(84)25-49(87)55(43)42-18-33(2-7-47(42)85)56(66(92)81-61)78-68(94)59(37)79-67(93)58-36-16-39(83)23-41(17-36)98-52-20-34(3-8-48(52)86)57(65(91)76-46(15-29)64(90)77-58)82-71(97)101-72-26-30-11-31(27-72)13-32(12-30)28-72/h1-4,7-10,14,16-25,30-32,38,46,56-62,83-89H,5-6,11-13,15,26-28H2,(H,75,95)(H,76,91)(H,77,90)(H,78,94)(H,79,93)(H,80,96)(H,81,92)(H,82,97)/t30?,31?,32?,46-,56-,57-,58+,59-,60+,61+,62-,72?/m1/s1. The highest BCUT2D eigenvalue weighted by Gasteiger charge is 2.54. The van der Waals surface area contributed by atoms with E-state index in [1.807, 2.05) is 0 Å². The number of fused-ring (bicyclic) bond motifs is 14. The van der Waals surface area contributed by atoms with Crippen molar-refractivity contribution >= 4 is 70.6 Å². The lowest BCUT2D eigenvalue weighted by atomic mass is 9.54. The maximum absolute atomic E-state index is 16.0. The molecule has 15 N–H and O–H groups in total. The molecule has 0 spiro atoms. The van der Waals surface area contributed by atoms with Crippen LogP contribution in [0.2, 0.25) is 10.0 Å². The van der Waals surface area contributed by atoms with E-state index in [1.54, 1.807) is 0 Å². The first kappa shape index (κ1) is 65.8. The quantitative estimate of drug-likeness (QED) is 0.0795. The molecule has 18 rings (SSSR count). The summed E-state index contributed by atoms with van der Waals surface area (Å²) in [5, 5.41) is 103. The third kappa shape index (κ3) is 12.9. The van der Waals surface area contributed by atoms with Crippen molar-refractivity contribution in [2.75, 3.05) is 0 Å². The van der Waals surface area contributed by atoms with Crippen LogP contribution in [-0.4, -0.2) is 107 Å². The zero-order valence-corrected chi connectivity index (χ0v) is 54.6. The Morgan fingerprint density at radius 2 is 1.09 bits per heavy atom. The number of nitrogens with one attached hydrogen (secondary N) is 8. The molecule has 6 aliphatic heterocycles. The average Bonchev–Trinajstić information content (AvgIpc) is 1.27. The third-order valence-electron chi connectivity index (χ3n) is 19.9. The van der Waals surface area contributed by atoms with E-state index < -0.39 is 154 Å². The second-order valence-corrected chi connectivity index (χ2v) is 27.9. The Morgan fingerprint density at radius 3 is 1.75 bits per heavy atom. The molecule has 520 valence electrons. The summed E-state index contributed by atoms with van der Waals surface area (Å²) in [5.41, 5.74) is -2.31. The summed E-state index contributed by atoms with van der Waals surface area (Å²) in [6, 6.07) is 8.76. The number of halogens is 2. The van der Waals surface area contributed by atoms with Crippen LogP contribution in [0, 0.1) is 17.8 Å². The molecule has 101 heavy (non-hydrogen) atoms. The zero-order chi connectivity index (χ0) is 70.6. The molecule has 8 amide bonds. The zero-order valence-electron chi connectivity index (χ0n) is 53.0. The molecule has 7 aromatic carbocycles. The molecule has 5 fully saturated rings. The van der Waals surface area contributed by atoms with E-state index in [4.69, 9.17) is 42.1 Å². The lowest BCUT2D eigenvalue weighted by molar-refractivity contribution is -0.137. The van der Waals surface area contributed by atoms with Crippen molar-refractivity contribution < 1.29 is 93.0 Å². The van der Waals surface area contributed by atoms with Crippen molar-refractivity contribution in [3.63, 3.8) is 0 Å². The number of phenols is 6. The van der Waals surface area contributed by atoms with Crippen LogP contribution in [0.4, 0.5) is 4.79 Å². The number of hydrogen-bond donors (Lipinski definition) is 15. The fourth-order valence-electron chi connectivity index (χ4n) is 15.4. The first-order chi connectivity index (χ1) is 48.3. The van der Waals surface area contributed by atoms with E-state index in [0.29, 0.717) is 49.9 Å². The van der Waals surface area contributed by atoms with E-state index in [0.717, 1.165) is 67.8 Å². The van der Waals surface area contributed by atoms with Gasteiger partial charge in [0.05, 0.1) is 10.0 Å². The first-order valence-electron chi connectivity index (χ1n) is 32.7. The van der Waals surface area contributed by atoms with Gasteiger partial charge in [0.2, 0.25) is 47.1 Å². The van der Waals surface area contributed by atoms with Crippen LogP contribution in [0.3, 0.4) is 0 Å². The number of alkyl carbamates (subject to hydrolysis) is 1. The molecular weight excluding hydrogens is 1350 g/mol. The molecule has 7 aromatic rings. The van der Waals surface area contributed by atoms with Gasteiger partial charge < -0.3 is 97.2 Å². The van der Waals surface area contributed by atoms with Crippen LogP contribution in [0.1, 0.15) is 127 Å². The van der Waals surface area contributed by atoms with Crippen molar-refractivity contribution in [2.24, 2.45) is 17.8 Å². The maximum Gasteiger partial charge on any atom is 0.408 e. The van der Waals surface area contributed by atoms with E-state index in [-0.39, 0.29) is 89.2 Å². The van der Waals surface area contributed by atoms with Crippen LogP contribution < -0.4 is 56.7 Å². The largest absolute Gasteiger partial charge is 0.508 e. The smallest absolute Gasteiger partial charge is 0.408 e. The molecular formula is C72H64Cl2N8O19. The minimum atomic E-state index is -2.18. The van der Waals surface area contributed by atoms with Crippen molar-refractivity contribution in [3.8, 4) is 80.1 Å². The highest BCUT2D eigenvalue weighted by atomic mass is 35.5. The number of amides is 8. The third-order valence-corrected chi connectivity index (χ3v) is 20.5. The minimum Gasteiger partial charge on any atom is -0.508 e. The van der Waals surface area contributed by atoms with Crippen LogP contribution in [0.15, 0.2) is 115 Å². The predicted molar refractivity (Wildman–Crippen MR) is 355 cm³/mol. The molecule has 27 nitrogen and oxygen atoms in total. The average molecular weight is 1420 g/mol.